The molecule has 0 aliphatic heterocycles. The van der Waals surface area contributed by atoms with Gasteiger partial charge in [0.05, 0.1) is 26.6 Å². The molecule has 0 unspecified atom stereocenters. The van der Waals surface area contributed by atoms with Crippen molar-refractivity contribution in [3.8, 4) is 0 Å². The number of sulfonamides is 1. The minimum Gasteiger partial charge on any atom is -0.468 e. The molecule has 0 amide bonds. The Morgan fingerprint density at radius 1 is 1.12 bits per heavy atom. The summed E-state index contributed by atoms with van der Waals surface area (Å²) in [5.74, 6) is -2.20. The van der Waals surface area contributed by atoms with Crippen LogP contribution < -0.4 is 0 Å². The molecule has 0 aliphatic carbocycles. The molecule has 0 aromatic heterocycles. The van der Waals surface area contributed by atoms with Gasteiger partial charge in [-0.15, -0.1) is 0 Å². The summed E-state index contributed by atoms with van der Waals surface area (Å²) in [6.07, 6.45) is 0. The van der Waals surface area contributed by atoms with E-state index in [0.29, 0.717) is 4.31 Å². The van der Waals surface area contributed by atoms with Crippen molar-refractivity contribution in [3.05, 3.63) is 0 Å². The average Bonchev–Trinajstić information content (AvgIpc) is 2.27. The molecule has 0 fully saturated rings. The fourth-order valence-electron chi connectivity index (χ4n) is 0.914. The van der Waals surface area contributed by atoms with Gasteiger partial charge in [-0.05, 0) is 0 Å². The van der Waals surface area contributed by atoms with E-state index in [9.17, 15) is 18.0 Å². The molecule has 1 N–H and O–H groups in total. The van der Waals surface area contributed by atoms with E-state index >= 15 is 0 Å². The highest BCUT2D eigenvalue weighted by molar-refractivity contribution is 7.89. The van der Waals surface area contributed by atoms with E-state index in [-0.39, 0.29) is 0 Å². The van der Waals surface area contributed by atoms with Crippen LogP contribution in [0.15, 0.2) is 0 Å². The molecule has 9 heteroatoms. The maximum atomic E-state index is 11.6. The van der Waals surface area contributed by atoms with Crippen LogP contribution in [0.2, 0.25) is 0 Å². The molecule has 0 atom stereocenters. The zero-order chi connectivity index (χ0) is 13.5. The predicted molar refractivity (Wildman–Crippen MR) is 56.5 cm³/mol. The maximum absolute atomic E-state index is 11.6. The van der Waals surface area contributed by atoms with Crippen molar-refractivity contribution < 1.29 is 32.6 Å². The standard InChI is InChI=1S/C8H15NO7S/c1-15-7(11)5-9(6-8(12)16-2)17(13,14)4-3-10/h10H,3-6H2,1-2H3. The molecule has 17 heavy (non-hydrogen) atoms. The summed E-state index contributed by atoms with van der Waals surface area (Å²) >= 11 is 0. The zero-order valence-electron chi connectivity index (χ0n) is 9.58. The second-order valence-corrected chi connectivity index (χ2v) is 5.05. The quantitative estimate of drug-likeness (QED) is 0.530. The van der Waals surface area contributed by atoms with Gasteiger partial charge in [0.2, 0.25) is 10.0 Å². The van der Waals surface area contributed by atoms with Gasteiger partial charge in [-0.25, -0.2) is 8.42 Å². The molecule has 0 bridgehead atoms. The second kappa shape index (κ2) is 7.20. The van der Waals surface area contributed by atoms with Gasteiger partial charge in [0.25, 0.3) is 0 Å². The van der Waals surface area contributed by atoms with E-state index in [1.807, 2.05) is 0 Å². The molecule has 100 valence electrons. The lowest BCUT2D eigenvalue weighted by Crippen LogP contribution is -2.41. The topological polar surface area (TPSA) is 110 Å². The van der Waals surface area contributed by atoms with Gasteiger partial charge in [-0.3, -0.25) is 9.59 Å². The van der Waals surface area contributed by atoms with Crippen LogP contribution in [-0.4, -0.2) is 69.4 Å². The Morgan fingerprint density at radius 3 is 1.82 bits per heavy atom. The molecule has 0 aromatic rings. The van der Waals surface area contributed by atoms with Crippen molar-refractivity contribution in [2.75, 3.05) is 39.7 Å². The Hall–Kier alpha value is -1.19. The summed E-state index contributed by atoms with van der Waals surface area (Å²) in [6.45, 7) is -1.82. The average molecular weight is 269 g/mol. The normalized spacial score (nSPS) is 11.3. The first-order chi connectivity index (χ1) is 7.87. The highest BCUT2D eigenvalue weighted by Crippen LogP contribution is 2.02. The number of rotatable bonds is 7. The van der Waals surface area contributed by atoms with Crippen molar-refractivity contribution in [3.63, 3.8) is 0 Å². The maximum Gasteiger partial charge on any atom is 0.321 e. The predicted octanol–water partition coefficient (Wildman–Crippen LogP) is -2.04. The highest BCUT2D eigenvalue weighted by Gasteiger charge is 2.27. The lowest BCUT2D eigenvalue weighted by atomic mass is 10.6. The summed E-state index contributed by atoms with van der Waals surface area (Å²) in [7, 11) is -1.71. The Morgan fingerprint density at radius 2 is 1.53 bits per heavy atom. The first kappa shape index (κ1) is 15.8. The number of aliphatic hydroxyl groups excluding tert-OH is 1. The van der Waals surface area contributed by atoms with Gasteiger partial charge >= 0.3 is 11.9 Å². The molecule has 0 heterocycles. The lowest BCUT2D eigenvalue weighted by molar-refractivity contribution is -0.143. The number of ether oxygens (including phenoxy) is 2. The van der Waals surface area contributed by atoms with Gasteiger partial charge in [0, 0.05) is 0 Å². The van der Waals surface area contributed by atoms with E-state index in [1.54, 1.807) is 0 Å². The molecular weight excluding hydrogens is 254 g/mol. The van der Waals surface area contributed by atoms with E-state index in [1.165, 1.54) is 0 Å². The number of aliphatic hydroxyl groups is 1. The largest absolute Gasteiger partial charge is 0.468 e. The van der Waals surface area contributed by atoms with Gasteiger partial charge < -0.3 is 14.6 Å². The molecule has 8 nitrogen and oxygen atoms in total. The van der Waals surface area contributed by atoms with Crippen molar-refractivity contribution in [2.24, 2.45) is 0 Å². The van der Waals surface area contributed by atoms with Crippen molar-refractivity contribution in [2.45, 2.75) is 0 Å². The lowest BCUT2D eigenvalue weighted by Gasteiger charge is -2.18. The van der Waals surface area contributed by atoms with E-state index in [2.05, 4.69) is 9.47 Å². The monoisotopic (exact) mass is 269 g/mol. The molecule has 0 rings (SSSR count). The Kier molecular flexibility index (Phi) is 6.69. The number of methoxy groups -OCH3 is 2. The number of carbonyl (C=O) groups is 2. The smallest absolute Gasteiger partial charge is 0.321 e. The molecule has 0 saturated heterocycles. The van der Waals surface area contributed by atoms with Crippen molar-refractivity contribution in [1.29, 1.82) is 0 Å². The van der Waals surface area contributed by atoms with Crippen LogP contribution in [-0.2, 0) is 29.1 Å². The molecule has 0 radical (unpaired) electrons. The summed E-state index contributed by atoms with van der Waals surface area (Å²) in [6, 6.07) is 0. The summed E-state index contributed by atoms with van der Waals surface area (Å²) in [5, 5.41) is 8.60. The summed E-state index contributed by atoms with van der Waals surface area (Å²) < 4.78 is 32.4. The molecule has 0 saturated carbocycles. The van der Waals surface area contributed by atoms with Crippen LogP contribution >= 0.6 is 0 Å². The Bertz CT molecular complexity index is 346. The molecule has 0 aromatic carbocycles. The highest BCUT2D eigenvalue weighted by atomic mass is 32.2. The first-order valence-corrected chi connectivity index (χ1v) is 6.20. The minimum atomic E-state index is -3.90. The Balaban J connectivity index is 4.84. The van der Waals surface area contributed by atoms with Crippen LogP contribution in [0.25, 0.3) is 0 Å². The fraction of sp³-hybridized carbons (Fsp3) is 0.750. The third-order valence-electron chi connectivity index (χ3n) is 1.81. The number of hydrogen-bond acceptors (Lipinski definition) is 7. The second-order valence-electron chi connectivity index (χ2n) is 2.96. The van der Waals surface area contributed by atoms with Gasteiger partial charge in [-0.1, -0.05) is 0 Å². The summed E-state index contributed by atoms with van der Waals surface area (Å²) in [5.41, 5.74) is 0. The third-order valence-corrected chi connectivity index (χ3v) is 3.55. The van der Waals surface area contributed by atoms with Crippen LogP contribution in [0.1, 0.15) is 0 Å². The van der Waals surface area contributed by atoms with E-state index < -0.39 is 47.4 Å². The SMILES string of the molecule is COC(=O)CN(CC(=O)OC)S(=O)(=O)CCO. The summed E-state index contributed by atoms with van der Waals surface area (Å²) in [4.78, 5) is 22.0. The number of esters is 2. The fourth-order valence-corrected chi connectivity index (χ4v) is 2.01. The van der Waals surface area contributed by atoms with Gasteiger partial charge in [0.15, 0.2) is 0 Å². The number of hydrogen-bond donors (Lipinski definition) is 1. The van der Waals surface area contributed by atoms with Crippen molar-refractivity contribution in [1.82, 2.24) is 4.31 Å². The van der Waals surface area contributed by atoms with Gasteiger partial charge in [0.1, 0.15) is 13.1 Å². The third kappa shape index (κ3) is 5.61. The van der Waals surface area contributed by atoms with Crippen LogP contribution in [0.5, 0.6) is 0 Å². The van der Waals surface area contributed by atoms with E-state index in [0.717, 1.165) is 14.2 Å². The number of carbonyl (C=O) groups excluding carboxylic acids is 2. The first-order valence-electron chi connectivity index (χ1n) is 4.59. The van der Waals surface area contributed by atoms with Crippen LogP contribution in [0.4, 0.5) is 0 Å². The van der Waals surface area contributed by atoms with Crippen LogP contribution in [0.3, 0.4) is 0 Å². The van der Waals surface area contributed by atoms with Crippen LogP contribution in [0, 0.1) is 0 Å². The van der Waals surface area contributed by atoms with Gasteiger partial charge in [-0.2, -0.15) is 4.31 Å². The molecular formula is C8H15NO7S. The number of nitrogens with zero attached hydrogens (tertiary/aromatic N) is 1. The van der Waals surface area contributed by atoms with E-state index in [4.69, 9.17) is 5.11 Å². The molecule has 0 aliphatic rings. The minimum absolute atomic E-state index is 0.582. The van der Waals surface area contributed by atoms with Crippen molar-refractivity contribution >= 4 is 22.0 Å². The zero-order valence-corrected chi connectivity index (χ0v) is 10.4. The Labute approximate surface area is 99.2 Å². The molecule has 0 spiro atoms.